The normalized spacial score (nSPS) is 9.69. The van der Waals surface area contributed by atoms with Gasteiger partial charge in [-0.3, -0.25) is 4.79 Å². The third-order valence-electron chi connectivity index (χ3n) is 1.77. The summed E-state index contributed by atoms with van der Waals surface area (Å²) >= 11 is 0. The lowest BCUT2D eigenvalue weighted by Crippen LogP contribution is -2.11. The maximum atomic E-state index is 10.8. The van der Waals surface area contributed by atoms with Crippen molar-refractivity contribution in [1.82, 2.24) is 0 Å². The quantitative estimate of drug-likeness (QED) is 0.709. The number of aromatic hydroxyl groups is 1. The Kier molecular flexibility index (Phi) is 2.41. The van der Waals surface area contributed by atoms with Gasteiger partial charge in [0.25, 0.3) is 0 Å². The Morgan fingerprint density at radius 3 is 2.62 bits per heavy atom. The van der Waals surface area contributed by atoms with Crippen molar-refractivity contribution in [3.05, 3.63) is 23.3 Å². The molecule has 0 atom stereocenters. The van der Waals surface area contributed by atoms with E-state index in [0.29, 0.717) is 11.1 Å². The van der Waals surface area contributed by atoms with Crippen LogP contribution in [0, 0.1) is 6.92 Å². The number of hydrogen-bond acceptors (Lipinski definition) is 3. The lowest BCUT2D eigenvalue weighted by atomic mass is 10.1. The average molecular weight is 181 g/mol. The number of aryl methyl sites for hydroxylation is 1. The van der Waals surface area contributed by atoms with Crippen molar-refractivity contribution in [2.75, 3.05) is 7.11 Å². The van der Waals surface area contributed by atoms with E-state index in [1.807, 2.05) is 0 Å². The third kappa shape index (κ3) is 1.72. The number of phenolic OH excluding ortho intramolecular Hbond substituents is 1. The molecule has 4 heteroatoms. The summed E-state index contributed by atoms with van der Waals surface area (Å²) < 4.78 is 4.86. The fourth-order valence-electron chi connectivity index (χ4n) is 1.05. The van der Waals surface area contributed by atoms with Crippen molar-refractivity contribution >= 4 is 5.91 Å². The number of carbonyl (C=O) groups is 1. The number of benzene rings is 1. The zero-order valence-corrected chi connectivity index (χ0v) is 7.50. The zero-order valence-electron chi connectivity index (χ0n) is 7.50. The van der Waals surface area contributed by atoms with E-state index >= 15 is 0 Å². The number of nitrogens with two attached hydrogens (primary N) is 1. The number of rotatable bonds is 2. The van der Waals surface area contributed by atoms with E-state index < -0.39 is 5.91 Å². The molecular formula is C9H11NO3. The van der Waals surface area contributed by atoms with Gasteiger partial charge in [-0.2, -0.15) is 0 Å². The van der Waals surface area contributed by atoms with Gasteiger partial charge in [-0.15, -0.1) is 0 Å². The first-order valence-corrected chi connectivity index (χ1v) is 3.73. The Bertz CT molecular complexity index is 347. The van der Waals surface area contributed by atoms with Crippen LogP contribution in [0.5, 0.6) is 11.5 Å². The number of primary amides is 1. The highest BCUT2D eigenvalue weighted by atomic mass is 16.5. The fourth-order valence-corrected chi connectivity index (χ4v) is 1.05. The number of hydrogen-bond donors (Lipinski definition) is 2. The van der Waals surface area contributed by atoms with Crippen LogP contribution in [0.15, 0.2) is 12.1 Å². The Balaban J connectivity index is 3.30. The lowest BCUT2D eigenvalue weighted by molar-refractivity contribution is 0.1000. The zero-order chi connectivity index (χ0) is 10.0. The van der Waals surface area contributed by atoms with Crippen LogP contribution < -0.4 is 10.5 Å². The van der Waals surface area contributed by atoms with E-state index in [0.717, 1.165) is 0 Å². The number of methoxy groups -OCH3 is 1. The molecule has 0 saturated carbocycles. The number of phenols is 1. The SMILES string of the molecule is COc1cc(C(N)=O)cc(C)c1O. The van der Waals surface area contributed by atoms with E-state index in [2.05, 4.69) is 0 Å². The number of amides is 1. The second kappa shape index (κ2) is 3.35. The van der Waals surface area contributed by atoms with Crippen molar-refractivity contribution in [1.29, 1.82) is 0 Å². The molecule has 13 heavy (non-hydrogen) atoms. The molecule has 0 aliphatic carbocycles. The molecule has 0 unspecified atom stereocenters. The summed E-state index contributed by atoms with van der Waals surface area (Å²) in [6.07, 6.45) is 0. The maximum absolute atomic E-state index is 10.8. The molecule has 0 aliphatic heterocycles. The van der Waals surface area contributed by atoms with Gasteiger partial charge in [-0.25, -0.2) is 0 Å². The summed E-state index contributed by atoms with van der Waals surface area (Å²) in [5, 5.41) is 9.43. The molecule has 0 spiro atoms. The Morgan fingerprint density at radius 1 is 1.54 bits per heavy atom. The number of ether oxygens (including phenoxy) is 1. The smallest absolute Gasteiger partial charge is 0.248 e. The van der Waals surface area contributed by atoms with Crippen LogP contribution in [0.25, 0.3) is 0 Å². The van der Waals surface area contributed by atoms with E-state index in [1.54, 1.807) is 6.92 Å². The van der Waals surface area contributed by atoms with Gasteiger partial charge < -0.3 is 15.6 Å². The Hall–Kier alpha value is -1.71. The van der Waals surface area contributed by atoms with E-state index in [9.17, 15) is 9.90 Å². The van der Waals surface area contributed by atoms with Gasteiger partial charge in [0.05, 0.1) is 7.11 Å². The van der Waals surface area contributed by atoms with Crippen LogP contribution in [0.4, 0.5) is 0 Å². The van der Waals surface area contributed by atoms with E-state index in [-0.39, 0.29) is 11.5 Å². The summed E-state index contributed by atoms with van der Waals surface area (Å²) in [5.41, 5.74) is 5.97. The van der Waals surface area contributed by atoms with Gasteiger partial charge in [0, 0.05) is 5.56 Å². The highest BCUT2D eigenvalue weighted by Gasteiger charge is 2.09. The summed E-state index contributed by atoms with van der Waals surface area (Å²) in [6.45, 7) is 1.67. The van der Waals surface area contributed by atoms with Crippen molar-refractivity contribution in [2.45, 2.75) is 6.92 Å². The van der Waals surface area contributed by atoms with Crippen LogP contribution in [0.1, 0.15) is 15.9 Å². The van der Waals surface area contributed by atoms with Crippen LogP contribution in [0.3, 0.4) is 0 Å². The van der Waals surface area contributed by atoms with Gasteiger partial charge in [0.15, 0.2) is 11.5 Å². The largest absolute Gasteiger partial charge is 0.504 e. The molecule has 0 fully saturated rings. The summed E-state index contributed by atoms with van der Waals surface area (Å²) in [7, 11) is 1.42. The highest BCUT2D eigenvalue weighted by molar-refractivity contribution is 5.93. The first-order chi connectivity index (χ1) is 6.06. The predicted octanol–water partition coefficient (Wildman–Crippen LogP) is 0.808. The number of carbonyl (C=O) groups excluding carboxylic acids is 1. The predicted molar refractivity (Wildman–Crippen MR) is 47.9 cm³/mol. The van der Waals surface area contributed by atoms with Crippen molar-refractivity contribution in [2.24, 2.45) is 5.73 Å². The summed E-state index contributed by atoms with van der Waals surface area (Å²) in [4.78, 5) is 10.8. The molecular weight excluding hydrogens is 170 g/mol. The van der Waals surface area contributed by atoms with Crippen LogP contribution >= 0.6 is 0 Å². The van der Waals surface area contributed by atoms with E-state index in [1.165, 1.54) is 19.2 Å². The van der Waals surface area contributed by atoms with Crippen LogP contribution in [-0.2, 0) is 0 Å². The van der Waals surface area contributed by atoms with Gasteiger partial charge in [-0.05, 0) is 24.6 Å². The molecule has 1 amide bonds. The van der Waals surface area contributed by atoms with Crippen LogP contribution in [-0.4, -0.2) is 18.1 Å². The molecule has 0 aliphatic rings. The summed E-state index contributed by atoms with van der Waals surface area (Å²) in [5.74, 6) is -0.247. The summed E-state index contributed by atoms with van der Waals surface area (Å²) in [6, 6.07) is 2.92. The minimum atomic E-state index is -0.540. The van der Waals surface area contributed by atoms with Gasteiger partial charge in [0.1, 0.15) is 0 Å². The second-order valence-corrected chi connectivity index (χ2v) is 2.71. The van der Waals surface area contributed by atoms with Crippen molar-refractivity contribution in [3.8, 4) is 11.5 Å². The monoisotopic (exact) mass is 181 g/mol. The molecule has 0 saturated heterocycles. The lowest BCUT2D eigenvalue weighted by Gasteiger charge is -2.07. The van der Waals surface area contributed by atoms with Gasteiger partial charge in [-0.1, -0.05) is 0 Å². The van der Waals surface area contributed by atoms with Crippen molar-refractivity contribution in [3.63, 3.8) is 0 Å². The molecule has 0 heterocycles. The molecule has 0 radical (unpaired) electrons. The van der Waals surface area contributed by atoms with Gasteiger partial charge >= 0.3 is 0 Å². The molecule has 3 N–H and O–H groups in total. The average Bonchev–Trinajstić information content (AvgIpc) is 2.09. The topological polar surface area (TPSA) is 72.5 Å². The first-order valence-electron chi connectivity index (χ1n) is 3.73. The standard InChI is InChI=1S/C9H11NO3/c1-5-3-6(9(10)12)4-7(13-2)8(5)11/h3-4,11H,1-2H3,(H2,10,12). The highest BCUT2D eigenvalue weighted by Crippen LogP contribution is 2.30. The third-order valence-corrected chi connectivity index (χ3v) is 1.77. The molecule has 0 aromatic heterocycles. The molecule has 0 bridgehead atoms. The molecule has 1 rings (SSSR count). The minimum absolute atomic E-state index is 0.0347. The first kappa shape index (κ1) is 9.38. The van der Waals surface area contributed by atoms with Gasteiger partial charge in [0.2, 0.25) is 5.91 Å². The maximum Gasteiger partial charge on any atom is 0.248 e. The molecule has 1 aromatic rings. The Labute approximate surface area is 75.9 Å². The van der Waals surface area contributed by atoms with Crippen LogP contribution in [0.2, 0.25) is 0 Å². The molecule has 70 valence electrons. The Morgan fingerprint density at radius 2 is 2.15 bits per heavy atom. The van der Waals surface area contributed by atoms with E-state index in [4.69, 9.17) is 10.5 Å². The molecule has 1 aromatic carbocycles. The minimum Gasteiger partial charge on any atom is -0.504 e. The van der Waals surface area contributed by atoms with Crippen molar-refractivity contribution < 1.29 is 14.6 Å². The fraction of sp³-hybridized carbons (Fsp3) is 0.222. The second-order valence-electron chi connectivity index (χ2n) is 2.71. The molecule has 4 nitrogen and oxygen atoms in total.